The predicted octanol–water partition coefficient (Wildman–Crippen LogP) is 3.31. The van der Waals surface area contributed by atoms with Crippen molar-refractivity contribution < 1.29 is 14.3 Å². The molecule has 0 bridgehead atoms. The molecule has 148 valence electrons. The molecule has 1 heterocycles. The molecule has 2 aromatic carbocycles. The highest BCUT2D eigenvalue weighted by Crippen LogP contribution is 2.16. The Labute approximate surface area is 166 Å². The molecule has 0 unspecified atom stereocenters. The molecule has 1 aliphatic heterocycles. The van der Waals surface area contributed by atoms with E-state index in [1.807, 2.05) is 21.9 Å². The largest absolute Gasteiger partial charge is 0.497 e. The smallest absolute Gasteiger partial charge is 0.254 e. The highest BCUT2D eigenvalue weighted by molar-refractivity contribution is 5.94. The topological polar surface area (TPSA) is 49.9 Å². The highest BCUT2D eigenvalue weighted by Gasteiger charge is 2.23. The van der Waals surface area contributed by atoms with Gasteiger partial charge < -0.3 is 14.5 Å². The fourth-order valence-electron chi connectivity index (χ4n) is 3.47. The van der Waals surface area contributed by atoms with Crippen LogP contribution in [0.2, 0.25) is 0 Å². The number of rotatable bonds is 5. The van der Waals surface area contributed by atoms with Crippen LogP contribution in [0.3, 0.4) is 0 Å². The Morgan fingerprint density at radius 2 is 1.68 bits per heavy atom. The normalized spacial score (nSPS) is 14.5. The second kappa shape index (κ2) is 9.40. The Hall–Kier alpha value is -2.82. The maximum Gasteiger partial charge on any atom is 0.254 e. The van der Waals surface area contributed by atoms with Crippen molar-refractivity contribution in [2.24, 2.45) is 0 Å². The number of benzene rings is 2. The molecule has 1 fully saturated rings. The van der Waals surface area contributed by atoms with Crippen molar-refractivity contribution >= 4 is 11.8 Å². The standard InChI is InChI=1S/C23H28N2O3/c1-18-7-9-19(10-8-18)11-12-22(26)24-13-4-14-25(16-15-24)23(27)20-5-3-6-21(17-20)28-2/h3,5-10,17H,4,11-16H2,1-2H3. The lowest BCUT2D eigenvalue weighted by atomic mass is 10.1. The lowest BCUT2D eigenvalue weighted by molar-refractivity contribution is -0.131. The molecule has 2 amide bonds. The maximum absolute atomic E-state index is 12.8. The maximum atomic E-state index is 12.8. The number of amides is 2. The third-order valence-corrected chi connectivity index (χ3v) is 5.20. The molecular formula is C23H28N2O3. The summed E-state index contributed by atoms with van der Waals surface area (Å²) in [6, 6.07) is 15.5. The van der Waals surface area contributed by atoms with Crippen LogP contribution in [0, 0.1) is 6.92 Å². The average Bonchev–Trinajstić information content (AvgIpc) is 2.99. The van der Waals surface area contributed by atoms with E-state index in [4.69, 9.17) is 4.74 Å². The third kappa shape index (κ3) is 5.12. The van der Waals surface area contributed by atoms with Crippen LogP contribution in [0.25, 0.3) is 0 Å². The van der Waals surface area contributed by atoms with Gasteiger partial charge in [0.15, 0.2) is 0 Å². The molecule has 1 aliphatic rings. The molecule has 0 spiro atoms. The molecule has 5 nitrogen and oxygen atoms in total. The van der Waals surface area contributed by atoms with E-state index in [1.54, 1.807) is 19.2 Å². The summed E-state index contributed by atoms with van der Waals surface area (Å²) in [6.45, 7) is 4.58. The van der Waals surface area contributed by atoms with Crippen LogP contribution < -0.4 is 4.74 Å². The molecule has 0 aromatic heterocycles. The summed E-state index contributed by atoms with van der Waals surface area (Å²) in [5.74, 6) is 0.831. The Kier molecular flexibility index (Phi) is 6.69. The van der Waals surface area contributed by atoms with E-state index < -0.39 is 0 Å². The molecule has 0 atom stereocenters. The summed E-state index contributed by atoms with van der Waals surface area (Å²) in [4.78, 5) is 29.2. The van der Waals surface area contributed by atoms with E-state index in [0.29, 0.717) is 43.9 Å². The third-order valence-electron chi connectivity index (χ3n) is 5.20. The van der Waals surface area contributed by atoms with Crippen LogP contribution in [0.4, 0.5) is 0 Å². The van der Waals surface area contributed by atoms with E-state index in [2.05, 4.69) is 31.2 Å². The van der Waals surface area contributed by atoms with Crippen LogP contribution in [0.1, 0.15) is 34.3 Å². The van der Waals surface area contributed by atoms with Gasteiger partial charge in [0.1, 0.15) is 5.75 Å². The number of methoxy groups -OCH3 is 1. The van der Waals surface area contributed by atoms with Crippen molar-refractivity contribution in [1.29, 1.82) is 0 Å². The van der Waals surface area contributed by atoms with Gasteiger partial charge >= 0.3 is 0 Å². The summed E-state index contributed by atoms with van der Waals surface area (Å²) in [5.41, 5.74) is 3.03. The zero-order valence-corrected chi connectivity index (χ0v) is 16.7. The quantitative estimate of drug-likeness (QED) is 0.800. The van der Waals surface area contributed by atoms with Gasteiger partial charge in [-0.25, -0.2) is 0 Å². The fourth-order valence-corrected chi connectivity index (χ4v) is 3.47. The minimum atomic E-state index is -0.00662. The van der Waals surface area contributed by atoms with Crippen LogP contribution >= 0.6 is 0 Å². The van der Waals surface area contributed by atoms with Crippen LogP contribution in [0.5, 0.6) is 5.75 Å². The molecule has 0 N–H and O–H groups in total. The highest BCUT2D eigenvalue weighted by atomic mass is 16.5. The molecule has 28 heavy (non-hydrogen) atoms. The van der Waals surface area contributed by atoms with Crippen molar-refractivity contribution in [3.8, 4) is 5.75 Å². The minimum Gasteiger partial charge on any atom is -0.497 e. The van der Waals surface area contributed by atoms with Crippen molar-refractivity contribution in [3.05, 3.63) is 65.2 Å². The van der Waals surface area contributed by atoms with Crippen LogP contribution in [-0.2, 0) is 11.2 Å². The van der Waals surface area contributed by atoms with Gasteiger partial charge in [-0.05, 0) is 43.5 Å². The van der Waals surface area contributed by atoms with Crippen LogP contribution in [-0.4, -0.2) is 54.9 Å². The van der Waals surface area contributed by atoms with Gasteiger partial charge in [-0.1, -0.05) is 35.9 Å². The Morgan fingerprint density at radius 1 is 0.964 bits per heavy atom. The summed E-state index contributed by atoms with van der Waals surface area (Å²) in [7, 11) is 1.59. The second-order valence-corrected chi connectivity index (χ2v) is 7.24. The van der Waals surface area contributed by atoms with Gasteiger partial charge in [0, 0.05) is 38.2 Å². The van der Waals surface area contributed by atoms with Gasteiger partial charge in [-0.3, -0.25) is 9.59 Å². The zero-order valence-electron chi connectivity index (χ0n) is 16.7. The van der Waals surface area contributed by atoms with Crippen molar-refractivity contribution in [2.45, 2.75) is 26.2 Å². The number of aryl methyl sites for hydroxylation is 2. The van der Waals surface area contributed by atoms with E-state index in [-0.39, 0.29) is 11.8 Å². The van der Waals surface area contributed by atoms with Gasteiger partial charge in [0.05, 0.1) is 7.11 Å². The molecule has 0 aliphatic carbocycles. The number of nitrogens with zero attached hydrogens (tertiary/aromatic N) is 2. The lowest BCUT2D eigenvalue weighted by Gasteiger charge is -2.22. The Morgan fingerprint density at radius 3 is 2.43 bits per heavy atom. The summed E-state index contributed by atoms with van der Waals surface area (Å²) >= 11 is 0. The zero-order chi connectivity index (χ0) is 19.9. The van der Waals surface area contributed by atoms with Gasteiger partial charge in [-0.2, -0.15) is 0 Å². The first-order valence-corrected chi connectivity index (χ1v) is 9.83. The number of carbonyl (C=O) groups excluding carboxylic acids is 2. The summed E-state index contributed by atoms with van der Waals surface area (Å²) < 4.78 is 5.21. The fraction of sp³-hybridized carbons (Fsp3) is 0.391. The van der Waals surface area contributed by atoms with E-state index in [1.165, 1.54) is 11.1 Å². The molecule has 5 heteroatoms. The molecule has 1 saturated heterocycles. The number of hydrogen-bond donors (Lipinski definition) is 0. The molecule has 0 radical (unpaired) electrons. The predicted molar refractivity (Wildman–Crippen MR) is 110 cm³/mol. The summed E-state index contributed by atoms with van der Waals surface area (Å²) in [5, 5.41) is 0. The molecule has 3 rings (SSSR count). The van der Waals surface area contributed by atoms with E-state index >= 15 is 0 Å². The second-order valence-electron chi connectivity index (χ2n) is 7.24. The van der Waals surface area contributed by atoms with Crippen molar-refractivity contribution in [2.75, 3.05) is 33.3 Å². The monoisotopic (exact) mass is 380 g/mol. The number of hydrogen-bond acceptors (Lipinski definition) is 3. The van der Waals surface area contributed by atoms with Crippen molar-refractivity contribution in [1.82, 2.24) is 9.80 Å². The van der Waals surface area contributed by atoms with E-state index in [9.17, 15) is 9.59 Å². The first-order valence-electron chi connectivity index (χ1n) is 9.83. The number of carbonyl (C=O) groups is 2. The van der Waals surface area contributed by atoms with Gasteiger partial charge in [0.25, 0.3) is 5.91 Å². The molecule has 0 saturated carbocycles. The first-order chi connectivity index (χ1) is 13.6. The molecule has 2 aromatic rings. The van der Waals surface area contributed by atoms with Crippen LogP contribution in [0.15, 0.2) is 48.5 Å². The Bertz CT molecular complexity index is 817. The number of ether oxygens (including phenoxy) is 1. The first kappa shape index (κ1) is 19.9. The van der Waals surface area contributed by atoms with Gasteiger partial charge in [-0.15, -0.1) is 0 Å². The lowest BCUT2D eigenvalue weighted by Crippen LogP contribution is -2.37. The van der Waals surface area contributed by atoms with Crippen molar-refractivity contribution in [3.63, 3.8) is 0 Å². The minimum absolute atomic E-state index is 0.00662. The van der Waals surface area contributed by atoms with Gasteiger partial charge in [0.2, 0.25) is 5.91 Å². The average molecular weight is 380 g/mol. The molecular weight excluding hydrogens is 352 g/mol. The van der Waals surface area contributed by atoms with E-state index in [0.717, 1.165) is 12.8 Å². The Balaban J connectivity index is 1.54. The summed E-state index contributed by atoms with van der Waals surface area (Å²) in [6.07, 6.45) is 2.06. The SMILES string of the molecule is COc1cccc(C(=O)N2CCCN(C(=O)CCc3ccc(C)cc3)CC2)c1.